The number of benzene rings is 1. The first-order chi connectivity index (χ1) is 14.7. The third-order valence-corrected chi connectivity index (χ3v) is 5.30. The van der Waals surface area contributed by atoms with Crippen molar-refractivity contribution < 1.29 is 9.84 Å². The van der Waals surface area contributed by atoms with Crippen LogP contribution < -0.4 is 15.8 Å². The molecule has 3 heterocycles. The van der Waals surface area contributed by atoms with Crippen molar-refractivity contribution in [3.05, 3.63) is 65.5 Å². The van der Waals surface area contributed by atoms with Gasteiger partial charge < -0.3 is 20.9 Å². The Hall–Kier alpha value is -3.34. The minimum Gasteiger partial charge on any atom is -0.507 e. The number of anilines is 1. The molecule has 1 atom stereocenters. The Kier molecular flexibility index (Phi) is 7.29. The summed E-state index contributed by atoms with van der Waals surface area (Å²) >= 11 is 0. The fourth-order valence-electron chi connectivity index (χ4n) is 3.82. The zero-order valence-electron chi connectivity index (χ0n) is 16.9. The molecule has 0 amide bonds. The highest BCUT2D eigenvalue weighted by atomic mass is 35.5. The summed E-state index contributed by atoms with van der Waals surface area (Å²) in [6, 6.07) is 12.9. The van der Waals surface area contributed by atoms with Crippen LogP contribution >= 0.6 is 12.4 Å². The lowest BCUT2D eigenvalue weighted by Crippen LogP contribution is -2.29. The van der Waals surface area contributed by atoms with Gasteiger partial charge in [-0.15, -0.1) is 12.4 Å². The molecular formula is C23H24ClN5O2. The van der Waals surface area contributed by atoms with Crippen LogP contribution in [-0.4, -0.2) is 28.2 Å². The van der Waals surface area contributed by atoms with Crippen molar-refractivity contribution in [3.63, 3.8) is 0 Å². The smallest absolute Gasteiger partial charge is 0.142 e. The first-order valence-electron chi connectivity index (χ1n) is 9.92. The summed E-state index contributed by atoms with van der Waals surface area (Å²) in [6.07, 6.45) is 5.43. The number of nitrogens with one attached hydrogen (secondary N) is 1. The Balaban J connectivity index is 0.00000272. The first kappa shape index (κ1) is 22.3. The number of aromatic hydroxyl groups is 1. The van der Waals surface area contributed by atoms with Crippen LogP contribution in [-0.2, 0) is 6.61 Å². The number of nitrogens with two attached hydrogens (primary N) is 1. The van der Waals surface area contributed by atoms with E-state index in [9.17, 15) is 10.4 Å². The summed E-state index contributed by atoms with van der Waals surface area (Å²) in [5, 5.41) is 23.6. The maximum atomic E-state index is 10.6. The number of hydrogen-bond acceptors (Lipinski definition) is 7. The number of pyridine rings is 2. The second-order valence-electron chi connectivity index (χ2n) is 7.31. The highest BCUT2D eigenvalue weighted by Crippen LogP contribution is 2.40. The molecule has 0 spiro atoms. The Morgan fingerprint density at radius 1 is 1.29 bits per heavy atom. The van der Waals surface area contributed by atoms with Gasteiger partial charge in [-0.05, 0) is 55.1 Å². The molecule has 3 aromatic rings. The van der Waals surface area contributed by atoms with Gasteiger partial charge in [0.15, 0.2) is 0 Å². The van der Waals surface area contributed by atoms with Gasteiger partial charge >= 0.3 is 0 Å². The topological polar surface area (TPSA) is 117 Å². The highest BCUT2D eigenvalue weighted by Gasteiger charge is 2.23. The lowest BCUT2D eigenvalue weighted by molar-refractivity contribution is 0.305. The largest absolute Gasteiger partial charge is 0.507 e. The van der Waals surface area contributed by atoms with Crippen LogP contribution in [0.5, 0.6) is 11.5 Å². The minimum absolute atomic E-state index is 0. The number of rotatable bonds is 5. The first-order valence-corrected chi connectivity index (χ1v) is 9.92. The quantitative estimate of drug-likeness (QED) is 0.556. The Labute approximate surface area is 187 Å². The average molecular weight is 438 g/mol. The highest BCUT2D eigenvalue weighted by molar-refractivity contribution is 5.85. The van der Waals surface area contributed by atoms with Crippen LogP contribution in [0.15, 0.2) is 48.8 Å². The van der Waals surface area contributed by atoms with Crippen LogP contribution in [0, 0.1) is 11.3 Å². The molecule has 1 saturated heterocycles. The summed E-state index contributed by atoms with van der Waals surface area (Å²) < 4.78 is 5.98. The minimum atomic E-state index is 0. The van der Waals surface area contributed by atoms with Crippen LogP contribution in [0.25, 0.3) is 11.3 Å². The second kappa shape index (κ2) is 10.1. The number of piperidine rings is 1. The van der Waals surface area contributed by atoms with Gasteiger partial charge in [0.25, 0.3) is 0 Å². The maximum absolute atomic E-state index is 10.6. The zero-order valence-corrected chi connectivity index (χ0v) is 17.7. The number of nitrogens with zero attached hydrogens (tertiary/aromatic N) is 3. The number of ether oxygens (including phenoxy) is 1. The fourth-order valence-corrected chi connectivity index (χ4v) is 3.82. The average Bonchev–Trinajstić information content (AvgIpc) is 2.78. The standard InChI is InChI=1S/C23H23N5O2.ClH/c24-11-18-17(16-5-3-9-27-13-16)10-19(28-23(18)25)22-20(29)6-1-7-21(22)30-14-15-4-2-8-26-12-15;/h1-2,4,6-8,10,12,16,27,29H,3,5,9,13-14H2,(H2,25,28);1H. The van der Waals surface area contributed by atoms with Gasteiger partial charge in [0.2, 0.25) is 0 Å². The monoisotopic (exact) mass is 437 g/mol. The summed E-state index contributed by atoms with van der Waals surface area (Å²) in [5.41, 5.74) is 9.28. The van der Waals surface area contributed by atoms with Crippen LogP contribution in [0.3, 0.4) is 0 Å². The van der Waals surface area contributed by atoms with Gasteiger partial charge in [-0.2, -0.15) is 5.26 Å². The Bertz CT molecular complexity index is 1080. The molecular weight excluding hydrogens is 414 g/mol. The van der Waals surface area contributed by atoms with Gasteiger partial charge in [0.1, 0.15) is 30.0 Å². The molecule has 1 aliphatic rings. The normalized spacial score (nSPS) is 15.5. The molecule has 0 aliphatic carbocycles. The van der Waals surface area contributed by atoms with E-state index >= 15 is 0 Å². The maximum Gasteiger partial charge on any atom is 0.142 e. The SMILES string of the molecule is Cl.N#Cc1c(C2CCCNC2)cc(-c2c(O)cccc2OCc2cccnc2)nc1N. The Morgan fingerprint density at radius 2 is 2.16 bits per heavy atom. The number of aromatic nitrogens is 2. The molecule has 1 aliphatic heterocycles. The second-order valence-corrected chi connectivity index (χ2v) is 7.31. The van der Waals surface area contributed by atoms with Gasteiger partial charge in [-0.3, -0.25) is 4.98 Å². The number of phenols is 1. The van der Waals surface area contributed by atoms with Gasteiger partial charge in [0.05, 0.1) is 16.8 Å². The van der Waals surface area contributed by atoms with E-state index in [1.807, 2.05) is 18.2 Å². The van der Waals surface area contributed by atoms with E-state index in [1.165, 1.54) is 0 Å². The van der Waals surface area contributed by atoms with E-state index in [-0.39, 0.29) is 29.9 Å². The third-order valence-electron chi connectivity index (χ3n) is 5.30. The number of halogens is 1. The van der Waals surface area contributed by atoms with E-state index in [1.54, 1.807) is 30.6 Å². The Morgan fingerprint density at radius 3 is 2.87 bits per heavy atom. The predicted octanol–water partition coefficient (Wildman–Crippen LogP) is 3.77. The number of phenolic OH excluding ortho intramolecular Hbond substituents is 1. The van der Waals surface area contributed by atoms with Crippen molar-refractivity contribution in [1.29, 1.82) is 5.26 Å². The van der Waals surface area contributed by atoms with Crippen molar-refractivity contribution in [2.45, 2.75) is 25.4 Å². The van der Waals surface area contributed by atoms with E-state index in [2.05, 4.69) is 21.4 Å². The summed E-state index contributed by atoms with van der Waals surface area (Å²) in [6.45, 7) is 2.05. The number of nitrogen functional groups attached to an aromatic ring is 1. The van der Waals surface area contributed by atoms with Crippen molar-refractivity contribution in [3.8, 4) is 28.8 Å². The molecule has 4 rings (SSSR count). The molecule has 4 N–H and O–H groups in total. The lowest BCUT2D eigenvalue weighted by Gasteiger charge is -2.25. The van der Waals surface area contributed by atoms with E-state index in [4.69, 9.17) is 10.5 Å². The van der Waals surface area contributed by atoms with Crippen molar-refractivity contribution in [2.24, 2.45) is 0 Å². The van der Waals surface area contributed by atoms with Crippen LogP contribution in [0.2, 0.25) is 0 Å². The van der Waals surface area contributed by atoms with E-state index in [0.717, 1.165) is 37.1 Å². The van der Waals surface area contributed by atoms with Gasteiger partial charge in [-0.25, -0.2) is 4.98 Å². The number of hydrogen-bond donors (Lipinski definition) is 3. The molecule has 0 bridgehead atoms. The molecule has 8 heteroatoms. The number of nitriles is 1. The van der Waals surface area contributed by atoms with Crippen LogP contribution in [0.1, 0.15) is 35.4 Å². The van der Waals surface area contributed by atoms with E-state index in [0.29, 0.717) is 29.2 Å². The van der Waals surface area contributed by atoms with Crippen molar-refractivity contribution >= 4 is 18.2 Å². The molecule has 1 unspecified atom stereocenters. The fraction of sp³-hybridized carbons (Fsp3) is 0.261. The third kappa shape index (κ3) is 4.88. The van der Waals surface area contributed by atoms with Gasteiger partial charge in [-0.1, -0.05) is 12.1 Å². The summed E-state index contributed by atoms with van der Waals surface area (Å²) in [4.78, 5) is 8.52. The van der Waals surface area contributed by atoms with E-state index < -0.39 is 0 Å². The summed E-state index contributed by atoms with van der Waals surface area (Å²) in [5.74, 6) is 0.867. The molecule has 1 aromatic carbocycles. The molecule has 31 heavy (non-hydrogen) atoms. The molecule has 7 nitrogen and oxygen atoms in total. The molecule has 0 radical (unpaired) electrons. The lowest BCUT2D eigenvalue weighted by atomic mass is 9.88. The zero-order chi connectivity index (χ0) is 20.9. The van der Waals surface area contributed by atoms with Gasteiger partial charge in [0, 0.05) is 24.5 Å². The molecule has 0 saturated carbocycles. The molecule has 2 aromatic heterocycles. The molecule has 1 fully saturated rings. The van der Waals surface area contributed by atoms with Crippen molar-refractivity contribution in [2.75, 3.05) is 18.8 Å². The summed E-state index contributed by atoms with van der Waals surface area (Å²) in [7, 11) is 0. The predicted molar refractivity (Wildman–Crippen MR) is 121 cm³/mol. The van der Waals surface area contributed by atoms with Crippen LogP contribution in [0.4, 0.5) is 5.82 Å². The molecule has 160 valence electrons. The van der Waals surface area contributed by atoms with Crippen molar-refractivity contribution in [1.82, 2.24) is 15.3 Å².